The summed E-state index contributed by atoms with van der Waals surface area (Å²) in [6.45, 7) is 2.16. The Bertz CT molecular complexity index is 1710. The van der Waals surface area contributed by atoms with Crippen LogP contribution in [-0.2, 0) is 6.42 Å². The van der Waals surface area contributed by atoms with Crippen molar-refractivity contribution in [3.8, 4) is 39.3 Å². The van der Waals surface area contributed by atoms with Gasteiger partial charge in [-0.15, -0.1) is 5.10 Å². The van der Waals surface area contributed by atoms with E-state index in [0.29, 0.717) is 11.4 Å². The van der Waals surface area contributed by atoms with Gasteiger partial charge in [0.1, 0.15) is 0 Å². The number of hydrogen-bond donors (Lipinski definition) is 1. The number of aliphatic hydroxyl groups excluding tert-OH is 1. The first kappa shape index (κ1) is 25.8. The Kier molecular flexibility index (Phi) is 7.32. The Hall–Kier alpha value is -4.45. The fourth-order valence-electron chi connectivity index (χ4n) is 5.12. The molecular weight excluding hydrogens is 516 g/mol. The van der Waals surface area contributed by atoms with E-state index in [1.807, 2.05) is 35.1 Å². The summed E-state index contributed by atoms with van der Waals surface area (Å²) in [5.74, 6) is 0. The summed E-state index contributed by atoms with van der Waals surface area (Å²) in [6, 6.07) is 40.0. The third kappa shape index (κ3) is 5.09. The molecule has 0 spiro atoms. The quantitative estimate of drug-likeness (QED) is 0.212. The van der Waals surface area contributed by atoms with Crippen molar-refractivity contribution in [3.05, 3.63) is 138 Å². The summed E-state index contributed by atoms with van der Waals surface area (Å²) in [7, 11) is 0. The highest BCUT2D eigenvalue weighted by Crippen LogP contribution is 2.41. The molecule has 0 saturated carbocycles. The number of benzene rings is 4. The van der Waals surface area contributed by atoms with Crippen LogP contribution in [0.2, 0.25) is 5.02 Å². The first-order chi connectivity index (χ1) is 19.6. The maximum atomic E-state index is 9.23. The van der Waals surface area contributed by atoms with E-state index in [2.05, 4.69) is 113 Å². The first-order valence-corrected chi connectivity index (χ1v) is 13.7. The van der Waals surface area contributed by atoms with E-state index in [1.54, 1.807) is 0 Å². The van der Waals surface area contributed by atoms with E-state index in [-0.39, 0.29) is 12.6 Å². The van der Waals surface area contributed by atoms with Gasteiger partial charge < -0.3 is 9.67 Å². The van der Waals surface area contributed by atoms with E-state index >= 15 is 0 Å². The van der Waals surface area contributed by atoms with Crippen LogP contribution in [0.5, 0.6) is 0 Å². The zero-order valence-corrected chi connectivity index (χ0v) is 22.9. The lowest BCUT2D eigenvalue weighted by Gasteiger charge is -2.17. The third-order valence-corrected chi connectivity index (χ3v) is 7.48. The topological polar surface area (TPSA) is 55.9 Å². The molecule has 0 amide bonds. The minimum atomic E-state index is 0.00507. The van der Waals surface area contributed by atoms with Gasteiger partial charge >= 0.3 is 0 Å². The molecule has 0 aliphatic heterocycles. The van der Waals surface area contributed by atoms with Gasteiger partial charge in [0.2, 0.25) is 0 Å². The Labute approximate surface area is 238 Å². The average molecular weight is 545 g/mol. The van der Waals surface area contributed by atoms with Crippen LogP contribution in [0.3, 0.4) is 0 Å². The van der Waals surface area contributed by atoms with Crippen molar-refractivity contribution in [3.63, 3.8) is 0 Å². The molecule has 1 unspecified atom stereocenters. The minimum Gasteiger partial charge on any atom is -0.396 e. The fourth-order valence-corrected chi connectivity index (χ4v) is 5.24. The molecule has 0 radical (unpaired) electrons. The Morgan fingerprint density at radius 3 is 2.08 bits per heavy atom. The standard InChI is InChI=1S/C34H29ClN4O/c1-24(38-23-30(20-21-40)36-37-38)25-14-18-31(19-15-25)39-33(27-8-4-2-5-9-27)22-32(26-12-16-29(35)17-13-26)34(39)28-10-6-3-7-11-28/h2-19,22-24,40H,20-21H2,1H3. The molecule has 4 aromatic carbocycles. The summed E-state index contributed by atoms with van der Waals surface area (Å²) in [5.41, 5.74) is 9.70. The number of hydrogen-bond acceptors (Lipinski definition) is 3. The molecule has 0 saturated heterocycles. The minimum absolute atomic E-state index is 0.00507. The van der Waals surface area contributed by atoms with Crippen molar-refractivity contribution in [1.29, 1.82) is 0 Å². The SMILES string of the molecule is CC(c1ccc(-n2c(-c3ccccc3)cc(-c3ccc(Cl)cc3)c2-c2ccccc2)cc1)n1cc(CCO)nn1. The fraction of sp³-hybridized carbons (Fsp3) is 0.118. The molecule has 5 nitrogen and oxygen atoms in total. The molecule has 0 aliphatic carbocycles. The highest BCUT2D eigenvalue weighted by Gasteiger charge is 2.21. The summed E-state index contributed by atoms with van der Waals surface area (Å²) < 4.78 is 4.19. The number of nitrogens with zero attached hydrogens (tertiary/aromatic N) is 4. The van der Waals surface area contributed by atoms with Crippen molar-refractivity contribution in [1.82, 2.24) is 19.6 Å². The van der Waals surface area contributed by atoms with Crippen molar-refractivity contribution >= 4 is 11.6 Å². The molecule has 2 aromatic heterocycles. The lowest BCUT2D eigenvalue weighted by atomic mass is 10.0. The maximum Gasteiger partial charge on any atom is 0.0850 e. The predicted octanol–water partition coefficient (Wildman–Crippen LogP) is 7.87. The first-order valence-electron chi connectivity index (χ1n) is 13.4. The van der Waals surface area contributed by atoms with E-state index in [0.717, 1.165) is 50.6 Å². The van der Waals surface area contributed by atoms with Crippen molar-refractivity contribution in [2.45, 2.75) is 19.4 Å². The summed E-state index contributed by atoms with van der Waals surface area (Å²) in [6.07, 6.45) is 2.40. The second-order valence-corrected chi connectivity index (χ2v) is 10.2. The van der Waals surface area contributed by atoms with Gasteiger partial charge in [-0.1, -0.05) is 102 Å². The second kappa shape index (κ2) is 11.3. The van der Waals surface area contributed by atoms with Crippen LogP contribution < -0.4 is 0 Å². The largest absolute Gasteiger partial charge is 0.396 e. The average Bonchev–Trinajstić information content (AvgIpc) is 3.64. The third-order valence-electron chi connectivity index (χ3n) is 7.23. The van der Waals surface area contributed by atoms with Crippen LogP contribution in [0.25, 0.3) is 39.3 Å². The second-order valence-electron chi connectivity index (χ2n) is 9.80. The Morgan fingerprint density at radius 2 is 1.43 bits per heavy atom. The monoisotopic (exact) mass is 544 g/mol. The van der Waals surface area contributed by atoms with E-state index < -0.39 is 0 Å². The molecule has 1 atom stereocenters. The van der Waals surface area contributed by atoms with Crippen LogP contribution in [-0.4, -0.2) is 31.3 Å². The van der Waals surface area contributed by atoms with E-state index in [1.165, 1.54) is 0 Å². The highest BCUT2D eigenvalue weighted by atomic mass is 35.5. The van der Waals surface area contributed by atoms with Crippen LogP contribution >= 0.6 is 11.6 Å². The van der Waals surface area contributed by atoms with Gasteiger partial charge in [-0.25, -0.2) is 4.68 Å². The molecule has 2 heterocycles. The molecule has 198 valence electrons. The Balaban J connectivity index is 1.51. The van der Waals surface area contributed by atoms with Gasteiger partial charge in [0.05, 0.1) is 23.1 Å². The molecule has 1 N–H and O–H groups in total. The van der Waals surface area contributed by atoms with Crippen LogP contribution in [0.4, 0.5) is 0 Å². The normalized spacial score (nSPS) is 12.0. The van der Waals surface area contributed by atoms with Crippen molar-refractivity contribution < 1.29 is 5.11 Å². The summed E-state index contributed by atoms with van der Waals surface area (Å²) in [5, 5.41) is 18.4. The van der Waals surface area contributed by atoms with E-state index in [4.69, 9.17) is 11.6 Å². The van der Waals surface area contributed by atoms with Crippen molar-refractivity contribution in [2.24, 2.45) is 0 Å². The van der Waals surface area contributed by atoms with Crippen LogP contribution in [0.15, 0.2) is 121 Å². The molecule has 6 rings (SSSR count). The van der Waals surface area contributed by atoms with Gasteiger partial charge in [0.25, 0.3) is 0 Å². The summed E-state index contributed by atoms with van der Waals surface area (Å²) >= 11 is 6.26. The Morgan fingerprint density at radius 1 is 0.775 bits per heavy atom. The van der Waals surface area contributed by atoms with Gasteiger partial charge in [0, 0.05) is 35.5 Å². The van der Waals surface area contributed by atoms with Gasteiger partial charge in [-0.2, -0.15) is 0 Å². The van der Waals surface area contributed by atoms with Crippen molar-refractivity contribution in [2.75, 3.05) is 6.61 Å². The van der Waals surface area contributed by atoms with Crippen LogP contribution in [0.1, 0.15) is 24.2 Å². The van der Waals surface area contributed by atoms with Gasteiger partial charge in [-0.3, -0.25) is 0 Å². The van der Waals surface area contributed by atoms with E-state index in [9.17, 15) is 5.11 Å². The summed E-state index contributed by atoms with van der Waals surface area (Å²) in [4.78, 5) is 0. The molecule has 0 aliphatic rings. The van der Waals surface area contributed by atoms with Gasteiger partial charge in [0.15, 0.2) is 0 Å². The zero-order valence-electron chi connectivity index (χ0n) is 22.2. The molecule has 6 aromatic rings. The number of rotatable bonds is 8. The predicted molar refractivity (Wildman–Crippen MR) is 162 cm³/mol. The number of aliphatic hydroxyl groups is 1. The number of halogens is 1. The van der Waals surface area contributed by atoms with Crippen LogP contribution in [0, 0.1) is 0 Å². The number of aromatic nitrogens is 4. The maximum absolute atomic E-state index is 9.23. The molecule has 6 heteroatoms. The molecular formula is C34H29ClN4O. The lowest BCUT2D eigenvalue weighted by Crippen LogP contribution is -2.08. The molecule has 40 heavy (non-hydrogen) atoms. The zero-order chi connectivity index (χ0) is 27.5. The smallest absolute Gasteiger partial charge is 0.0850 e. The lowest BCUT2D eigenvalue weighted by molar-refractivity contribution is 0.298. The highest BCUT2D eigenvalue weighted by molar-refractivity contribution is 6.30. The molecule has 0 fully saturated rings. The van der Waals surface area contributed by atoms with Gasteiger partial charge in [-0.05, 0) is 59.5 Å². The molecule has 0 bridgehead atoms.